The molecule has 1 atom stereocenters. The number of carbonyl (C=O) groups is 4. The van der Waals surface area contributed by atoms with E-state index in [1.807, 2.05) is 0 Å². The standard InChI is InChI=1S/C26H22N4O7/c1-13-19(25(33)35-3)21(17-9-6-10-18-22(17)29-37-28-18)20(14(2)27-13)26(34)36-12-11-30-23(31)15-7-4-5-8-16(15)24(30)32/h4-10,21,27H,11-12H2,1-3H3. The lowest BCUT2D eigenvalue weighted by Gasteiger charge is -2.30. The Labute approximate surface area is 210 Å². The molecule has 1 aromatic heterocycles. The molecule has 3 aromatic rings. The van der Waals surface area contributed by atoms with Gasteiger partial charge in [-0.25, -0.2) is 14.2 Å². The van der Waals surface area contributed by atoms with Crippen LogP contribution in [-0.2, 0) is 19.1 Å². The summed E-state index contributed by atoms with van der Waals surface area (Å²) < 4.78 is 15.4. The number of nitrogens with one attached hydrogen (secondary N) is 1. The van der Waals surface area contributed by atoms with Crippen molar-refractivity contribution in [3.8, 4) is 0 Å². The van der Waals surface area contributed by atoms with Crippen LogP contribution in [0.2, 0.25) is 0 Å². The van der Waals surface area contributed by atoms with Gasteiger partial charge in [-0.15, -0.1) is 0 Å². The SMILES string of the molecule is COC(=O)C1=C(C)NC(C)=C(C(=O)OCCN2C(=O)c3ccccc3C2=O)C1c1cccc2nonc12. The van der Waals surface area contributed by atoms with Crippen LogP contribution >= 0.6 is 0 Å². The number of dihydropyridines is 1. The monoisotopic (exact) mass is 502 g/mol. The van der Waals surface area contributed by atoms with Gasteiger partial charge in [-0.2, -0.15) is 0 Å². The zero-order valence-electron chi connectivity index (χ0n) is 20.2. The van der Waals surface area contributed by atoms with Gasteiger partial charge in [0.05, 0.1) is 41.8 Å². The van der Waals surface area contributed by atoms with E-state index in [0.717, 1.165) is 4.90 Å². The highest BCUT2D eigenvalue weighted by molar-refractivity contribution is 6.21. The average Bonchev–Trinajstić information content (AvgIpc) is 3.47. The van der Waals surface area contributed by atoms with E-state index >= 15 is 0 Å². The highest BCUT2D eigenvalue weighted by Gasteiger charge is 2.40. The number of amides is 2. The number of aromatic nitrogens is 2. The second-order valence-corrected chi connectivity index (χ2v) is 8.55. The van der Waals surface area contributed by atoms with Crippen LogP contribution in [0.15, 0.2) is 69.6 Å². The predicted octanol–water partition coefficient (Wildman–Crippen LogP) is 2.47. The quantitative estimate of drug-likeness (QED) is 0.395. The summed E-state index contributed by atoms with van der Waals surface area (Å²) in [5.74, 6) is -3.14. The Bertz CT molecular complexity index is 1500. The van der Waals surface area contributed by atoms with Gasteiger partial charge in [0, 0.05) is 11.4 Å². The number of carbonyl (C=O) groups excluding carboxylic acids is 4. The molecule has 0 radical (unpaired) electrons. The molecule has 1 unspecified atom stereocenters. The van der Waals surface area contributed by atoms with Crippen LogP contribution in [0.3, 0.4) is 0 Å². The van der Waals surface area contributed by atoms with Crippen LogP contribution in [0.25, 0.3) is 11.0 Å². The lowest BCUT2D eigenvalue weighted by molar-refractivity contribution is -0.139. The largest absolute Gasteiger partial charge is 0.466 e. The third-order valence-corrected chi connectivity index (χ3v) is 6.44. The van der Waals surface area contributed by atoms with Gasteiger partial charge in [-0.05, 0) is 47.9 Å². The molecule has 0 fully saturated rings. The Morgan fingerprint density at radius 3 is 2.24 bits per heavy atom. The Kier molecular flexibility index (Phi) is 6.04. The zero-order valence-corrected chi connectivity index (χ0v) is 20.2. The number of esters is 2. The molecule has 5 rings (SSSR count). The van der Waals surface area contributed by atoms with Crippen LogP contribution in [0, 0.1) is 0 Å². The molecular weight excluding hydrogens is 480 g/mol. The second-order valence-electron chi connectivity index (χ2n) is 8.55. The van der Waals surface area contributed by atoms with E-state index in [9.17, 15) is 19.2 Å². The molecule has 188 valence electrons. The van der Waals surface area contributed by atoms with Crippen LogP contribution in [-0.4, -0.2) is 59.2 Å². The molecule has 3 heterocycles. The van der Waals surface area contributed by atoms with Gasteiger partial charge in [0.15, 0.2) is 0 Å². The van der Waals surface area contributed by atoms with Crippen LogP contribution in [0.4, 0.5) is 0 Å². The van der Waals surface area contributed by atoms with Crippen molar-refractivity contribution in [2.45, 2.75) is 19.8 Å². The molecule has 0 spiro atoms. The van der Waals surface area contributed by atoms with E-state index < -0.39 is 29.7 Å². The third kappa shape index (κ3) is 3.94. The van der Waals surface area contributed by atoms with Crippen LogP contribution in [0.5, 0.6) is 0 Å². The van der Waals surface area contributed by atoms with Crippen molar-refractivity contribution >= 4 is 34.8 Å². The molecular formula is C26H22N4O7. The lowest BCUT2D eigenvalue weighted by atomic mass is 9.80. The predicted molar refractivity (Wildman–Crippen MR) is 128 cm³/mol. The minimum Gasteiger partial charge on any atom is -0.466 e. The normalized spacial score (nSPS) is 17.3. The number of allylic oxidation sites excluding steroid dienone is 2. The first-order chi connectivity index (χ1) is 17.8. The van der Waals surface area contributed by atoms with Crippen molar-refractivity contribution in [2.75, 3.05) is 20.3 Å². The molecule has 0 bridgehead atoms. The Balaban J connectivity index is 1.43. The number of fused-ring (bicyclic) bond motifs is 2. The van der Waals surface area contributed by atoms with Crippen molar-refractivity contribution < 1.29 is 33.3 Å². The Hall–Kier alpha value is -4.80. The molecule has 0 aliphatic carbocycles. The minimum atomic E-state index is -0.892. The fraction of sp³-hybridized carbons (Fsp3) is 0.231. The Morgan fingerprint density at radius 2 is 1.59 bits per heavy atom. The number of ether oxygens (including phenoxy) is 2. The van der Waals surface area contributed by atoms with Crippen molar-refractivity contribution in [3.05, 3.63) is 81.7 Å². The summed E-state index contributed by atoms with van der Waals surface area (Å²) in [7, 11) is 1.25. The summed E-state index contributed by atoms with van der Waals surface area (Å²) in [6.07, 6.45) is 0. The molecule has 0 saturated carbocycles. The molecule has 2 amide bonds. The minimum absolute atomic E-state index is 0.121. The first-order valence-electron chi connectivity index (χ1n) is 11.4. The lowest BCUT2D eigenvalue weighted by Crippen LogP contribution is -2.35. The second kappa shape index (κ2) is 9.34. The van der Waals surface area contributed by atoms with Gasteiger partial charge in [0.2, 0.25) is 0 Å². The summed E-state index contributed by atoms with van der Waals surface area (Å²) in [5, 5.41) is 10.9. The number of imide groups is 1. The summed E-state index contributed by atoms with van der Waals surface area (Å²) >= 11 is 0. The van der Waals surface area contributed by atoms with E-state index in [0.29, 0.717) is 39.1 Å². The van der Waals surface area contributed by atoms with Crippen molar-refractivity contribution in [1.29, 1.82) is 0 Å². The molecule has 11 nitrogen and oxygen atoms in total. The maximum atomic E-state index is 13.4. The first-order valence-corrected chi connectivity index (χ1v) is 11.4. The average molecular weight is 502 g/mol. The summed E-state index contributed by atoms with van der Waals surface area (Å²) in [4.78, 5) is 52.6. The molecule has 2 aromatic carbocycles. The number of hydrogen-bond donors (Lipinski definition) is 1. The van der Waals surface area contributed by atoms with Crippen molar-refractivity contribution in [3.63, 3.8) is 0 Å². The van der Waals surface area contributed by atoms with Gasteiger partial charge >= 0.3 is 11.9 Å². The maximum Gasteiger partial charge on any atom is 0.336 e. The number of methoxy groups -OCH3 is 1. The molecule has 2 aliphatic rings. The van der Waals surface area contributed by atoms with E-state index in [1.165, 1.54) is 7.11 Å². The van der Waals surface area contributed by atoms with Gasteiger partial charge in [0.1, 0.15) is 17.6 Å². The van der Waals surface area contributed by atoms with Gasteiger partial charge in [-0.1, -0.05) is 24.3 Å². The maximum absolute atomic E-state index is 13.4. The summed E-state index contributed by atoms with van der Waals surface area (Å²) in [6.45, 7) is 3.03. The molecule has 37 heavy (non-hydrogen) atoms. The van der Waals surface area contributed by atoms with E-state index in [1.54, 1.807) is 56.3 Å². The molecule has 0 saturated heterocycles. The smallest absolute Gasteiger partial charge is 0.336 e. The van der Waals surface area contributed by atoms with Gasteiger partial charge in [0.25, 0.3) is 11.8 Å². The first kappa shape index (κ1) is 23.9. The molecule has 1 N–H and O–H groups in total. The van der Waals surface area contributed by atoms with E-state index in [2.05, 4.69) is 15.6 Å². The van der Waals surface area contributed by atoms with E-state index in [4.69, 9.17) is 14.1 Å². The molecule has 2 aliphatic heterocycles. The van der Waals surface area contributed by atoms with Gasteiger partial charge < -0.3 is 14.8 Å². The number of nitrogens with zero attached hydrogens (tertiary/aromatic N) is 3. The topological polar surface area (TPSA) is 141 Å². The summed E-state index contributed by atoms with van der Waals surface area (Å²) in [5.41, 5.74) is 3.30. The fourth-order valence-corrected chi connectivity index (χ4v) is 4.77. The molecule has 11 heteroatoms. The van der Waals surface area contributed by atoms with Crippen molar-refractivity contribution in [2.24, 2.45) is 0 Å². The zero-order chi connectivity index (χ0) is 26.3. The van der Waals surface area contributed by atoms with Crippen LogP contribution in [0.1, 0.15) is 46.0 Å². The van der Waals surface area contributed by atoms with E-state index in [-0.39, 0.29) is 24.3 Å². The van der Waals surface area contributed by atoms with Gasteiger partial charge in [-0.3, -0.25) is 14.5 Å². The Morgan fingerprint density at radius 1 is 0.946 bits per heavy atom. The number of hydrogen-bond acceptors (Lipinski definition) is 10. The highest BCUT2D eigenvalue weighted by Crippen LogP contribution is 2.41. The number of rotatable bonds is 6. The summed E-state index contributed by atoms with van der Waals surface area (Å²) in [6, 6.07) is 11.7. The van der Waals surface area contributed by atoms with Crippen LogP contribution < -0.4 is 5.32 Å². The number of benzene rings is 2. The van der Waals surface area contributed by atoms with Crippen molar-refractivity contribution in [1.82, 2.24) is 20.5 Å². The highest BCUT2D eigenvalue weighted by atomic mass is 16.6. The fourth-order valence-electron chi connectivity index (χ4n) is 4.77. The third-order valence-electron chi connectivity index (χ3n) is 6.44.